The molecule has 1 aromatic rings. The summed E-state index contributed by atoms with van der Waals surface area (Å²) in [7, 11) is -3.58. The summed E-state index contributed by atoms with van der Waals surface area (Å²) in [6.07, 6.45) is 2.75. The van der Waals surface area contributed by atoms with Crippen molar-refractivity contribution < 1.29 is 17.7 Å². The summed E-state index contributed by atoms with van der Waals surface area (Å²) < 4.78 is 32.0. The van der Waals surface area contributed by atoms with Gasteiger partial charge in [0.2, 0.25) is 15.9 Å². The van der Waals surface area contributed by atoms with Crippen LogP contribution in [-0.2, 0) is 14.8 Å². The van der Waals surface area contributed by atoms with E-state index in [0.717, 1.165) is 6.42 Å². The molecule has 0 radical (unpaired) electrons. The maximum absolute atomic E-state index is 12.7. The van der Waals surface area contributed by atoms with Crippen LogP contribution in [0.4, 0.5) is 0 Å². The lowest BCUT2D eigenvalue weighted by Gasteiger charge is -2.31. The first-order valence-corrected chi connectivity index (χ1v) is 9.92. The van der Waals surface area contributed by atoms with Crippen LogP contribution in [0, 0.1) is 19.8 Å². The van der Waals surface area contributed by atoms with E-state index in [2.05, 4.69) is 10.5 Å². The average Bonchev–Trinajstić information content (AvgIpc) is 2.87. The van der Waals surface area contributed by atoms with Crippen molar-refractivity contribution in [2.24, 2.45) is 5.92 Å². The Morgan fingerprint density at radius 1 is 1.38 bits per heavy atom. The van der Waals surface area contributed by atoms with Crippen molar-refractivity contribution in [3.05, 3.63) is 11.5 Å². The van der Waals surface area contributed by atoms with E-state index in [1.165, 1.54) is 4.31 Å². The number of amides is 1. The fourth-order valence-corrected chi connectivity index (χ4v) is 4.78. The van der Waals surface area contributed by atoms with Gasteiger partial charge in [0, 0.05) is 25.6 Å². The van der Waals surface area contributed by atoms with Crippen molar-refractivity contribution in [2.45, 2.75) is 64.3 Å². The van der Waals surface area contributed by atoms with Gasteiger partial charge in [-0.3, -0.25) is 4.79 Å². The van der Waals surface area contributed by atoms with E-state index in [9.17, 15) is 13.2 Å². The molecular weight excluding hydrogens is 330 g/mol. The molecule has 1 fully saturated rings. The van der Waals surface area contributed by atoms with Crippen molar-refractivity contribution in [3.8, 4) is 0 Å². The molecule has 0 spiro atoms. The third-order valence-corrected chi connectivity index (χ3v) is 6.78. The van der Waals surface area contributed by atoms with Gasteiger partial charge in [-0.15, -0.1) is 0 Å². The highest BCUT2D eigenvalue weighted by atomic mass is 32.2. The van der Waals surface area contributed by atoms with Gasteiger partial charge < -0.3 is 9.84 Å². The van der Waals surface area contributed by atoms with Crippen molar-refractivity contribution in [1.29, 1.82) is 0 Å². The number of carbonyl (C=O) groups excluding carboxylic acids is 1. The first-order chi connectivity index (χ1) is 11.3. The van der Waals surface area contributed by atoms with E-state index in [0.29, 0.717) is 43.8 Å². The number of sulfonamides is 1. The topological polar surface area (TPSA) is 92.5 Å². The zero-order chi connectivity index (χ0) is 17.9. The maximum Gasteiger partial charge on any atom is 0.248 e. The van der Waals surface area contributed by atoms with Crippen LogP contribution in [0.3, 0.4) is 0 Å². The molecule has 1 amide bonds. The lowest BCUT2D eigenvalue weighted by Crippen LogP contribution is -2.40. The second-order valence-corrected chi connectivity index (χ2v) is 8.46. The van der Waals surface area contributed by atoms with Gasteiger partial charge in [-0.2, -0.15) is 4.31 Å². The van der Waals surface area contributed by atoms with Crippen molar-refractivity contribution in [1.82, 2.24) is 14.8 Å². The van der Waals surface area contributed by atoms with Gasteiger partial charge in [-0.05, 0) is 46.0 Å². The van der Waals surface area contributed by atoms with Crippen LogP contribution >= 0.6 is 0 Å². The summed E-state index contributed by atoms with van der Waals surface area (Å²) in [4.78, 5) is 12.1. The highest BCUT2D eigenvalue weighted by Crippen LogP contribution is 2.28. The molecule has 1 saturated heterocycles. The number of piperidine rings is 1. The second-order valence-electron chi connectivity index (χ2n) is 6.58. The average molecular weight is 357 g/mol. The number of nitrogens with zero attached hydrogens (tertiary/aromatic N) is 2. The lowest BCUT2D eigenvalue weighted by atomic mass is 9.94. The van der Waals surface area contributed by atoms with Gasteiger partial charge in [0.25, 0.3) is 0 Å². The Kier molecular flexibility index (Phi) is 6.03. The number of hydrogen-bond acceptors (Lipinski definition) is 5. The molecule has 1 aromatic heterocycles. The van der Waals surface area contributed by atoms with E-state index >= 15 is 0 Å². The zero-order valence-corrected chi connectivity index (χ0v) is 15.6. The predicted molar refractivity (Wildman–Crippen MR) is 90.0 cm³/mol. The van der Waals surface area contributed by atoms with E-state index in [4.69, 9.17) is 4.52 Å². The minimum atomic E-state index is -3.58. The summed E-state index contributed by atoms with van der Waals surface area (Å²) in [5.74, 6) is 0.601. The first kappa shape index (κ1) is 18.9. The quantitative estimate of drug-likeness (QED) is 0.840. The third-order valence-electron chi connectivity index (χ3n) is 4.63. The van der Waals surface area contributed by atoms with Crippen LogP contribution in [0.15, 0.2) is 9.42 Å². The maximum atomic E-state index is 12.7. The largest absolute Gasteiger partial charge is 0.360 e. The molecule has 2 heterocycles. The molecule has 136 valence electrons. The van der Waals surface area contributed by atoms with Gasteiger partial charge in [0.1, 0.15) is 10.6 Å². The fourth-order valence-electron chi connectivity index (χ4n) is 3.02. The lowest BCUT2D eigenvalue weighted by molar-refractivity contribution is -0.122. The summed E-state index contributed by atoms with van der Waals surface area (Å²) in [6.45, 7) is 8.11. The van der Waals surface area contributed by atoms with Crippen LogP contribution in [-0.4, -0.2) is 42.9 Å². The number of aryl methyl sites for hydroxylation is 2. The molecule has 1 aliphatic rings. The van der Waals surface area contributed by atoms with Crippen molar-refractivity contribution in [2.75, 3.05) is 13.1 Å². The normalized spacial score (nSPS) is 18.5. The van der Waals surface area contributed by atoms with Crippen LogP contribution in [0.2, 0.25) is 0 Å². The molecule has 8 heteroatoms. The molecule has 24 heavy (non-hydrogen) atoms. The smallest absolute Gasteiger partial charge is 0.248 e. The number of nitrogens with one attached hydrogen (secondary N) is 1. The van der Waals surface area contributed by atoms with E-state index < -0.39 is 10.0 Å². The number of carbonyl (C=O) groups is 1. The highest BCUT2D eigenvalue weighted by molar-refractivity contribution is 7.89. The molecule has 0 unspecified atom stereocenters. The monoisotopic (exact) mass is 357 g/mol. The standard InChI is InChI=1S/C16H27N3O4S/c1-5-11(2)17-15(20)10-14-6-8-19(9-7-14)24(21,22)16-12(3)18-23-13(16)4/h11,14H,5-10H2,1-4H3,(H,17,20)/t11-/m0/s1. The third kappa shape index (κ3) is 4.16. The Bertz CT molecular complexity index is 656. The van der Waals surface area contributed by atoms with Gasteiger partial charge in [0.15, 0.2) is 5.76 Å². The van der Waals surface area contributed by atoms with Gasteiger partial charge in [-0.25, -0.2) is 8.42 Å². The predicted octanol–water partition coefficient (Wildman–Crippen LogP) is 2.00. The van der Waals surface area contributed by atoms with Crippen LogP contribution < -0.4 is 5.32 Å². The van der Waals surface area contributed by atoms with Crippen LogP contribution in [0.25, 0.3) is 0 Å². The minimum absolute atomic E-state index is 0.0522. The van der Waals surface area contributed by atoms with Crippen molar-refractivity contribution >= 4 is 15.9 Å². The summed E-state index contributed by atoms with van der Waals surface area (Å²) in [6, 6.07) is 0.178. The summed E-state index contributed by atoms with van der Waals surface area (Å²) in [5.41, 5.74) is 0.391. The van der Waals surface area contributed by atoms with E-state index in [1.54, 1.807) is 13.8 Å². The molecule has 1 N–H and O–H groups in total. The highest BCUT2D eigenvalue weighted by Gasteiger charge is 2.34. The zero-order valence-electron chi connectivity index (χ0n) is 14.8. The Labute approximate surface area is 143 Å². The van der Waals surface area contributed by atoms with Crippen molar-refractivity contribution in [3.63, 3.8) is 0 Å². The fraction of sp³-hybridized carbons (Fsp3) is 0.750. The number of rotatable bonds is 6. The minimum Gasteiger partial charge on any atom is -0.360 e. The molecule has 0 aromatic carbocycles. The molecule has 1 aliphatic heterocycles. The molecule has 0 bridgehead atoms. The second kappa shape index (κ2) is 7.65. The SMILES string of the molecule is CC[C@H](C)NC(=O)CC1CCN(S(=O)(=O)c2c(C)noc2C)CC1. The van der Waals surface area contributed by atoms with Crippen LogP contribution in [0.1, 0.15) is 51.0 Å². The first-order valence-electron chi connectivity index (χ1n) is 8.48. The molecule has 1 atom stereocenters. The Balaban J connectivity index is 1.94. The molecule has 7 nitrogen and oxygen atoms in total. The molecule has 0 aliphatic carbocycles. The van der Waals surface area contributed by atoms with Crippen LogP contribution in [0.5, 0.6) is 0 Å². The molecule has 2 rings (SSSR count). The van der Waals surface area contributed by atoms with E-state index in [-0.39, 0.29) is 22.8 Å². The molecular formula is C16H27N3O4S. The summed E-state index contributed by atoms with van der Waals surface area (Å²) in [5, 5.41) is 6.70. The summed E-state index contributed by atoms with van der Waals surface area (Å²) >= 11 is 0. The number of hydrogen-bond donors (Lipinski definition) is 1. The Hall–Kier alpha value is -1.41. The molecule has 0 saturated carbocycles. The number of aromatic nitrogens is 1. The Morgan fingerprint density at radius 3 is 2.50 bits per heavy atom. The Morgan fingerprint density at radius 2 is 2.00 bits per heavy atom. The van der Waals surface area contributed by atoms with E-state index in [1.807, 2.05) is 13.8 Å². The van der Waals surface area contributed by atoms with Gasteiger partial charge in [-0.1, -0.05) is 12.1 Å². The van der Waals surface area contributed by atoms with Gasteiger partial charge >= 0.3 is 0 Å². The van der Waals surface area contributed by atoms with Gasteiger partial charge in [0.05, 0.1) is 0 Å².